The van der Waals surface area contributed by atoms with Crippen LogP contribution >= 0.6 is 0 Å². The van der Waals surface area contributed by atoms with Crippen molar-refractivity contribution in [3.8, 4) is 5.75 Å². The number of rotatable bonds is 10. The number of likely N-dealkylation sites (N-methyl/N-ethyl adjacent to an activating group) is 1. The van der Waals surface area contributed by atoms with E-state index in [9.17, 15) is 4.79 Å². The monoisotopic (exact) mass is 384 g/mol. The van der Waals surface area contributed by atoms with Crippen LogP contribution in [-0.2, 0) is 0 Å². The fourth-order valence-electron chi connectivity index (χ4n) is 2.99. The van der Waals surface area contributed by atoms with Gasteiger partial charge < -0.3 is 19.9 Å². The number of carbonyl (C=O) groups is 1. The van der Waals surface area contributed by atoms with Crippen LogP contribution in [0.3, 0.4) is 0 Å². The first-order chi connectivity index (χ1) is 13.4. The van der Waals surface area contributed by atoms with Crippen LogP contribution in [0.5, 0.6) is 5.75 Å². The van der Waals surface area contributed by atoms with Crippen molar-refractivity contribution in [2.24, 2.45) is 0 Å². The molecule has 0 unspecified atom stereocenters. The molecule has 0 saturated heterocycles. The summed E-state index contributed by atoms with van der Waals surface area (Å²) in [5.74, 6) is 0.748. The van der Waals surface area contributed by atoms with Gasteiger partial charge in [-0.3, -0.25) is 4.79 Å². The lowest BCUT2D eigenvalue weighted by molar-refractivity contribution is -0.890. The fourth-order valence-corrected chi connectivity index (χ4v) is 2.99. The molecule has 1 atom stereocenters. The predicted octanol–water partition coefficient (Wildman–Crippen LogP) is 2.55. The molecule has 0 radical (unpaired) electrons. The Balaban J connectivity index is 1.96. The molecule has 152 valence electrons. The lowest BCUT2D eigenvalue weighted by atomic mass is 10.0. The summed E-state index contributed by atoms with van der Waals surface area (Å²) in [7, 11) is 8.28. The van der Waals surface area contributed by atoms with Crippen LogP contribution < -0.4 is 19.9 Å². The molecule has 2 rings (SSSR count). The molecule has 0 bridgehead atoms. The van der Waals surface area contributed by atoms with E-state index in [1.807, 2.05) is 38.4 Å². The Bertz CT molecular complexity index is 725. The highest BCUT2D eigenvalue weighted by molar-refractivity contribution is 5.94. The number of nitrogens with one attached hydrogen (secondary N) is 2. The summed E-state index contributed by atoms with van der Waals surface area (Å²) >= 11 is 0. The van der Waals surface area contributed by atoms with Crippen molar-refractivity contribution in [1.29, 1.82) is 0 Å². The molecule has 0 aliphatic carbocycles. The number of ether oxygens (including phenoxy) is 1. The molecule has 0 aromatic heterocycles. The first-order valence-corrected chi connectivity index (χ1v) is 10.0. The van der Waals surface area contributed by atoms with Gasteiger partial charge in [0, 0.05) is 30.9 Å². The van der Waals surface area contributed by atoms with Gasteiger partial charge in [0.15, 0.2) is 0 Å². The average Bonchev–Trinajstić information content (AvgIpc) is 2.69. The molecule has 5 nitrogen and oxygen atoms in total. The van der Waals surface area contributed by atoms with Gasteiger partial charge in [0.25, 0.3) is 5.91 Å². The van der Waals surface area contributed by atoms with Crippen LogP contribution in [0.4, 0.5) is 5.69 Å². The van der Waals surface area contributed by atoms with Crippen LogP contribution in [0.1, 0.15) is 41.7 Å². The van der Waals surface area contributed by atoms with Gasteiger partial charge in [-0.1, -0.05) is 25.5 Å². The standard InChI is InChI=1S/C23H33N3O2/c1-6-7-16-28-21-14-10-19(11-15-21)23(27)24-17-22(26(4)5)18-8-12-20(13-9-18)25(2)3/h8-15,22H,6-7,16-17H2,1-5H3,(H,24,27)/p+1/t22-/m0/s1. The van der Waals surface area contributed by atoms with Crippen LogP contribution in [0.25, 0.3) is 0 Å². The van der Waals surface area contributed by atoms with Crippen molar-refractivity contribution in [3.05, 3.63) is 59.7 Å². The van der Waals surface area contributed by atoms with Crippen LogP contribution in [-0.4, -0.2) is 47.2 Å². The van der Waals surface area contributed by atoms with Gasteiger partial charge >= 0.3 is 0 Å². The van der Waals surface area contributed by atoms with Gasteiger partial charge in [-0.15, -0.1) is 0 Å². The van der Waals surface area contributed by atoms with Gasteiger partial charge in [-0.05, 0) is 42.8 Å². The summed E-state index contributed by atoms with van der Waals surface area (Å²) in [5, 5.41) is 3.08. The van der Waals surface area contributed by atoms with E-state index in [2.05, 4.69) is 55.5 Å². The third-order valence-corrected chi connectivity index (χ3v) is 4.86. The largest absolute Gasteiger partial charge is 0.494 e. The molecular weight excluding hydrogens is 350 g/mol. The van der Waals surface area contributed by atoms with E-state index in [1.165, 1.54) is 16.2 Å². The molecule has 2 aromatic rings. The Hall–Kier alpha value is -2.53. The Kier molecular flexibility index (Phi) is 8.33. The highest BCUT2D eigenvalue weighted by Crippen LogP contribution is 2.16. The fraction of sp³-hybridized carbons (Fsp3) is 0.435. The first kappa shape index (κ1) is 21.8. The maximum absolute atomic E-state index is 12.6. The molecule has 2 aromatic carbocycles. The molecule has 0 fully saturated rings. The second kappa shape index (κ2) is 10.7. The van der Waals surface area contributed by atoms with E-state index in [4.69, 9.17) is 4.74 Å². The van der Waals surface area contributed by atoms with Crippen molar-refractivity contribution in [3.63, 3.8) is 0 Å². The highest BCUT2D eigenvalue weighted by Gasteiger charge is 2.19. The molecular formula is C23H34N3O2+. The third kappa shape index (κ3) is 6.27. The minimum Gasteiger partial charge on any atom is -0.494 e. The normalized spacial score (nSPS) is 11.9. The predicted molar refractivity (Wildman–Crippen MR) is 115 cm³/mol. The summed E-state index contributed by atoms with van der Waals surface area (Å²) in [4.78, 5) is 15.9. The Morgan fingerprint density at radius 3 is 2.25 bits per heavy atom. The van der Waals surface area contributed by atoms with E-state index in [1.54, 1.807) is 0 Å². The van der Waals surface area contributed by atoms with E-state index in [0.29, 0.717) is 18.7 Å². The molecule has 5 heteroatoms. The van der Waals surface area contributed by atoms with Crippen LogP contribution in [0.15, 0.2) is 48.5 Å². The number of hydrogen-bond donors (Lipinski definition) is 2. The lowest BCUT2D eigenvalue weighted by Crippen LogP contribution is -3.07. The molecule has 0 aliphatic rings. The number of nitrogens with zero attached hydrogens (tertiary/aromatic N) is 1. The molecule has 2 N–H and O–H groups in total. The number of quaternary nitrogens is 1. The second-order valence-corrected chi connectivity index (χ2v) is 7.55. The number of carbonyl (C=O) groups excluding carboxylic acids is 1. The number of anilines is 1. The molecule has 0 heterocycles. The van der Waals surface area contributed by atoms with Gasteiger partial charge in [0.1, 0.15) is 11.8 Å². The lowest BCUT2D eigenvalue weighted by Gasteiger charge is -2.23. The van der Waals surface area contributed by atoms with Crippen molar-refractivity contribution >= 4 is 11.6 Å². The summed E-state index contributed by atoms with van der Waals surface area (Å²) in [5.41, 5.74) is 3.03. The Morgan fingerprint density at radius 2 is 1.71 bits per heavy atom. The van der Waals surface area contributed by atoms with Crippen LogP contribution in [0, 0.1) is 0 Å². The van der Waals surface area contributed by atoms with Crippen molar-refractivity contribution in [2.75, 3.05) is 46.2 Å². The second-order valence-electron chi connectivity index (χ2n) is 7.55. The maximum Gasteiger partial charge on any atom is 0.251 e. The van der Waals surface area contributed by atoms with E-state index in [0.717, 1.165) is 18.6 Å². The van der Waals surface area contributed by atoms with Gasteiger partial charge in [-0.25, -0.2) is 0 Å². The quantitative estimate of drug-likeness (QED) is 0.619. The highest BCUT2D eigenvalue weighted by atomic mass is 16.5. The summed E-state index contributed by atoms with van der Waals surface area (Å²) in [6, 6.07) is 16.1. The zero-order valence-corrected chi connectivity index (χ0v) is 17.8. The van der Waals surface area contributed by atoms with Gasteiger partial charge in [-0.2, -0.15) is 0 Å². The van der Waals surface area contributed by atoms with E-state index >= 15 is 0 Å². The summed E-state index contributed by atoms with van der Waals surface area (Å²) in [6.45, 7) is 3.43. The smallest absolute Gasteiger partial charge is 0.251 e. The zero-order valence-electron chi connectivity index (χ0n) is 17.8. The number of benzene rings is 2. The number of hydrogen-bond acceptors (Lipinski definition) is 3. The van der Waals surface area contributed by atoms with Crippen LogP contribution in [0.2, 0.25) is 0 Å². The topological polar surface area (TPSA) is 46.0 Å². The number of amides is 1. The van der Waals surface area contributed by atoms with Crippen molar-refractivity contribution in [2.45, 2.75) is 25.8 Å². The third-order valence-electron chi connectivity index (χ3n) is 4.86. The van der Waals surface area contributed by atoms with Gasteiger partial charge in [0.05, 0.1) is 27.2 Å². The number of unbranched alkanes of at least 4 members (excludes halogenated alkanes) is 1. The SMILES string of the molecule is CCCCOc1ccc(C(=O)NC[C@@H](c2ccc(N(C)C)cc2)[NH+](C)C)cc1. The average molecular weight is 385 g/mol. The maximum atomic E-state index is 12.6. The van der Waals surface area contributed by atoms with E-state index < -0.39 is 0 Å². The molecule has 1 amide bonds. The summed E-state index contributed by atoms with van der Waals surface area (Å²) in [6.07, 6.45) is 2.14. The Labute approximate surface area is 169 Å². The van der Waals surface area contributed by atoms with E-state index in [-0.39, 0.29) is 11.9 Å². The molecule has 0 spiro atoms. The first-order valence-electron chi connectivity index (χ1n) is 10.0. The molecule has 0 aliphatic heterocycles. The molecule has 28 heavy (non-hydrogen) atoms. The summed E-state index contributed by atoms with van der Waals surface area (Å²) < 4.78 is 5.66. The van der Waals surface area contributed by atoms with Crippen molar-refractivity contribution < 1.29 is 14.4 Å². The minimum absolute atomic E-state index is 0.0590. The minimum atomic E-state index is -0.0590. The Morgan fingerprint density at radius 1 is 1.07 bits per heavy atom. The molecule has 0 saturated carbocycles. The zero-order chi connectivity index (χ0) is 20.5. The van der Waals surface area contributed by atoms with Crippen molar-refractivity contribution in [1.82, 2.24) is 5.32 Å². The van der Waals surface area contributed by atoms with Gasteiger partial charge in [0.2, 0.25) is 0 Å².